The third-order valence-electron chi connectivity index (χ3n) is 5.80. The van der Waals surface area contributed by atoms with Crippen LogP contribution in [-0.4, -0.2) is 61.4 Å². The molecule has 0 spiro atoms. The van der Waals surface area contributed by atoms with Gasteiger partial charge < -0.3 is 24.2 Å². The van der Waals surface area contributed by atoms with E-state index in [4.69, 9.17) is 14.2 Å². The Hall–Kier alpha value is -3.06. The third-order valence-corrected chi connectivity index (χ3v) is 5.80. The van der Waals surface area contributed by atoms with Gasteiger partial charge in [-0.15, -0.1) is 0 Å². The van der Waals surface area contributed by atoms with Crippen LogP contribution in [0.2, 0.25) is 0 Å². The van der Waals surface area contributed by atoms with E-state index in [1.54, 1.807) is 19.1 Å². The number of aliphatic hydroxyl groups excluding tert-OH is 1. The lowest BCUT2D eigenvalue weighted by Gasteiger charge is -2.50. The number of methoxy groups -OCH3 is 3. The molecule has 166 valence electrons. The van der Waals surface area contributed by atoms with Gasteiger partial charge in [-0.2, -0.15) is 0 Å². The van der Waals surface area contributed by atoms with Crippen molar-refractivity contribution in [1.29, 1.82) is 0 Å². The first-order valence-electron chi connectivity index (χ1n) is 10.2. The van der Waals surface area contributed by atoms with Crippen molar-refractivity contribution in [2.45, 2.75) is 38.0 Å². The van der Waals surface area contributed by atoms with Gasteiger partial charge in [0.05, 0.1) is 33.4 Å². The summed E-state index contributed by atoms with van der Waals surface area (Å²) in [6, 6.07) is 14.2. The van der Waals surface area contributed by atoms with Gasteiger partial charge >= 0.3 is 5.97 Å². The standard InChI is InChI=1S/C24H29NO6/c1-15(26)21-22(24(28)31-4)25(23(21)27)18(13-16-5-9-19(29-2)10-6-16)14-17-7-11-20(30-3)12-8-17/h5-12,15,18,21-22,26H,13-14H2,1-4H3/t15-,21-,22+/m1/s1. The van der Waals surface area contributed by atoms with Crippen molar-refractivity contribution in [3.05, 3.63) is 59.7 Å². The van der Waals surface area contributed by atoms with Crippen LogP contribution in [0.3, 0.4) is 0 Å². The van der Waals surface area contributed by atoms with Gasteiger partial charge in [0, 0.05) is 6.04 Å². The van der Waals surface area contributed by atoms with Crippen LogP contribution in [0.5, 0.6) is 11.5 Å². The van der Waals surface area contributed by atoms with Crippen molar-refractivity contribution < 1.29 is 28.9 Å². The normalized spacial score (nSPS) is 19.0. The summed E-state index contributed by atoms with van der Waals surface area (Å²) in [4.78, 5) is 27.0. The molecule has 31 heavy (non-hydrogen) atoms. The number of rotatable bonds is 9. The number of ether oxygens (including phenoxy) is 3. The van der Waals surface area contributed by atoms with E-state index in [-0.39, 0.29) is 11.9 Å². The minimum atomic E-state index is -0.935. The van der Waals surface area contributed by atoms with Crippen molar-refractivity contribution in [1.82, 2.24) is 4.90 Å². The zero-order chi connectivity index (χ0) is 22.5. The van der Waals surface area contributed by atoms with E-state index in [0.29, 0.717) is 12.8 Å². The van der Waals surface area contributed by atoms with Crippen LogP contribution in [0, 0.1) is 5.92 Å². The fraction of sp³-hybridized carbons (Fsp3) is 0.417. The number of hydrogen-bond donors (Lipinski definition) is 1. The molecule has 0 aromatic heterocycles. The van der Waals surface area contributed by atoms with Gasteiger partial charge in [0.1, 0.15) is 17.5 Å². The van der Waals surface area contributed by atoms with E-state index in [2.05, 4.69) is 0 Å². The van der Waals surface area contributed by atoms with E-state index in [1.807, 2.05) is 48.5 Å². The number of hydrogen-bond acceptors (Lipinski definition) is 6. The molecule has 1 N–H and O–H groups in total. The number of carbonyl (C=O) groups excluding carboxylic acids is 2. The van der Waals surface area contributed by atoms with E-state index in [0.717, 1.165) is 22.6 Å². The highest BCUT2D eigenvalue weighted by Crippen LogP contribution is 2.35. The highest BCUT2D eigenvalue weighted by atomic mass is 16.5. The second kappa shape index (κ2) is 9.83. The molecule has 1 saturated heterocycles. The molecular formula is C24H29NO6. The van der Waals surface area contributed by atoms with Crippen LogP contribution >= 0.6 is 0 Å². The smallest absolute Gasteiger partial charge is 0.329 e. The largest absolute Gasteiger partial charge is 0.497 e. The summed E-state index contributed by atoms with van der Waals surface area (Å²) < 4.78 is 15.4. The predicted molar refractivity (Wildman–Crippen MR) is 115 cm³/mol. The van der Waals surface area contributed by atoms with Crippen molar-refractivity contribution in [3.63, 3.8) is 0 Å². The molecule has 0 radical (unpaired) electrons. The number of aliphatic hydroxyl groups is 1. The Labute approximate surface area is 182 Å². The maximum absolute atomic E-state index is 13.0. The molecule has 7 heteroatoms. The fourth-order valence-corrected chi connectivity index (χ4v) is 4.13. The minimum Gasteiger partial charge on any atom is -0.497 e. The highest BCUT2D eigenvalue weighted by molar-refractivity contribution is 5.97. The lowest BCUT2D eigenvalue weighted by Crippen LogP contribution is -2.70. The average molecular weight is 427 g/mol. The molecule has 3 atom stereocenters. The average Bonchev–Trinajstić information content (AvgIpc) is 2.77. The van der Waals surface area contributed by atoms with Crippen LogP contribution in [0.25, 0.3) is 0 Å². The summed E-state index contributed by atoms with van der Waals surface area (Å²) in [5, 5.41) is 10.1. The SMILES string of the molecule is COC(=O)[C@@H]1[C@@H]([C@@H](C)O)C(=O)N1C(Cc1ccc(OC)cc1)Cc1ccc(OC)cc1. The molecular weight excluding hydrogens is 398 g/mol. The Bertz CT molecular complexity index is 844. The second-order valence-corrected chi connectivity index (χ2v) is 7.74. The summed E-state index contributed by atoms with van der Waals surface area (Å²) >= 11 is 0. The molecule has 0 bridgehead atoms. The van der Waals surface area contributed by atoms with Crippen LogP contribution in [0.4, 0.5) is 0 Å². The first kappa shape index (κ1) is 22.6. The molecule has 2 aromatic rings. The molecule has 7 nitrogen and oxygen atoms in total. The Kier molecular flexibility index (Phi) is 7.17. The molecule has 1 amide bonds. The van der Waals surface area contributed by atoms with E-state index < -0.39 is 24.0 Å². The summed E-state index contributed by atoms with van der Waals surface area (Å²) in [5.74, 6) is -0.0479. The van der Waals surface area contributed by atoms with Gasteiger partial charge in [-0.25, -0.2) is 4.79 Å². The molecule has 1 aliphatic rings. The van der Waals surface area contributed by atoms with Crippen LogP contribution in [0.15, 0.2) is 48.5 Å². The molecule has 0 aliphatic carbocycles. The van der Waals surface area contributed by atoms with Gasteiger partial charge in [-0.05, 0) is 55.2 Å². The first-order chi connectivity index (χ1) is 14.9. The molecule has 2 aromatic carbocycles. The summed E-state index contributed by atoms with van der Waals surface area (Å²) in [7, 11) is 4.51. The fourth-order valence-electron chi connectivity index (χ4n) is 4.13. The summed E-state index contributed by atoms with van der Waals surface area (Å²) in [6.45, 7) is 1.53. The molecule has 0 saturated carbocycles. The van der Waals surface area contributed by atoms with Crippen molar-refractivity contribution in [2.75, 3.05) is 21.3 Å². The van der Waals surface area contributed by atoms with Gasteiger partial charge in [0.25, 0.3) is 0 Å². The molecule has 0 unspecified atom stereocenters. The van der Waals surface area contributed by atoms with Crippen LogP contribution in [0.1, 0.15) is 18.1 Å². The summed E-state index contributed by atoms with van der Waals surface area (Å²) in [5.41, 5.74) is 2.02. The van der Waals surface area contributed by atoms with E-state index in [9.17, 15) is 14.7 Å². The Morgan fingerprint density at radius 1 is 0.935 bits per heavy atom. The van der Waals surface area contributed by atoms with Crippen molar-refractivity contribution in [2.24, 2.45) is 5.92 Å². The quantitative estimate of drug-likeness (QED) is 0.488. The number of carbonyl (C=O) groups is 2. The number of esters is 1. The first-order valence-corrected chi connectivity index (χ1v) is 10.2. The molecule has 1 fully saturated rings. The minimum absolute atomic E-state index is 0.238. The van der Waals surface area contributed by atoms with Crippen LogP contribution < -0.4 is 9.47 Å². The van der Waals surface area contributed by atoms with Crippen molar-refractivity contribution in [3.8, 4) is 11.5 Å². The Balaban J connectivity index is 1.90. The zero-order valence-corrected chi connectivity index (χ0v) is 18.3. The van der Waals surface area contributed by atoms with E-state index >= 15 is 0 Å². The van der Waals surface area contributed by atoms with Gasteiger partial charge in [-0.3, -0.25) is 4.79 Å². The highest BCUT2D eigenvalue weighted by Gasteiger charge is 2.56. The van der Waals surface area contributed by atoms with Gasteiger partial charge in [-0.1, -0.05) is 24.3 Å². The number of benzene rings is 2. The molecule has 1 heterocycles. The topological polar surface area (TPSA) is 85.3 Å². The lowest BCUT2D eigenvalue weighted by atomic mass is 9.80. The number of β-lactam (4-membered cyclic amide) rings is 1. The molecule has 3 rings (SSSR count). The maximum atomic E-state index is 13.0. The third kappa shape index (κ3) is 4.82. The van der Waals surface area contributed by atoms with Gasteiger partial charge in [0.2, 0.25) is 5.91 Å². The predicted octanol–water partition coefficient (Wildman–Crippen LogP) is 2.24. The lowest BCUT2D eigenvalue weighted by molar-refractivity contribution is -0.183. The molecule has 1 aliphatic heterocycles. The summed E-state index contributed by atoms with van der Waals surface area (Å²) in [6.07, 6.45) is 0.152. The second-order valence-electron chi connectivity index (χ2n) is 7.74. The van der Waals surface area contributed by atoms with Crippen molar-refractivity contribution >= 4 is 11.9 Å². The zero-order valence-electron chi connectivity index (χ0n) is 18.3. The number of likely N-dealkylation sites (tertiary alicyclic amines) is 1. The van der Waals surface area contributed by atoms with Gasteiger partial charge in [0.15, 0.2) is 0 Å². The van der Waals surface area contributed by atoms with Crippen LogP contribution in [-0.2, 0) is 27.2 Å². The Morgan fingerprint density at radius 2 is 1.39 bits per heavy atom. The number of nitrogens with zero attached hydrogens (tertiary/aromatic N) is 1. The monoisotopic (exact) mass is 427 g/mol. The Morgan fingerprint density at radius 3 is 1.74 bits per heavy atom. The van der Waals surface area contributed by atoms with E-state index in [1.165, 1.54) is 14.0 Å². The number of amides is 1. The maximum Gasteiger partial charge on any atom is 0.329 e.